The second-order valence-electron chi connectivity index (χ2n) is 6.21. The summed E-state index contributed by atoms with van der Waals surface area (Å²) in [4.78, 5) is 0. The molecule has 2 aromatic rings. The number of benzene rings is 2. The van der Waals surface area contributed by atoms with Crippen molar-refractivity contribution in [1.82, 2.24) is 0 Å². The molecule has 0 aromatic heterocycles. The Balaban J connectivity index is 2.59. The molecule has 0 aliphatic rings. The number of rotatable bonds is 3. The van der Waals surface area contributed by atoms with Crippen LogP contribution in [0.3, 0.4) is 0 Å². The number of phenols is 1. The minimum Gasteiger partial charge on any atom is -0.507 e. The lowest BCUT2D eigenvalue weighted by Crippen LogP contribution is -2.12. The summed E-state index contributed by atoms with van der Waals surface area (Å²) >= 11 is 3.22. The first kappa shape index (κ1) is 19.4. The molecule has 0 aliphatic carbocycles. The number of halogens is 4. The minimum atomic E-state index is -4.58. The molecule has 0 atom stereocenters. The van der Waals surface area contributed by atoms with Crippen LogP contribution < -0.4 is 10.5 Å². The van der Waals surface area contributed by atoms with Gasteiger partial charge in [0.25, 0.3) is 0 Å². The zero-order chi connectivity index (χ0) is 19.1. The molecule has 0 radical (unpaired) electrons. The molecule has 0 bridgehead atoms. The van der Waals surface area contributed by atoms with E-state index in [0.29, 0.717) is 21.3 Å². The van der Waals surface area contributed by atoms with Crippen molar-refractivity contribution >= 4 is 21.6 Å². The summed E-state index contributed by atoms with van der Waals surface area (Å²) in [6.45, 7) is 6.84. The second kappa shape index (κ2) is 6.78. The van der Waals surface area contributed by atoms with E-state index in [1.807, 2.05) is 13.8 Å². The van der Waals surface area contributed by atoms with Crippen LogP contribution in [0.1, 0.15) is 42.0 Å². The van der Waals surface area contributed by atoms with Crippen LogP contribution in [0.25, 0.3) is 0 Å². The molecule has 0 saturated carbocycles. The van der Waals surface area contributed by atoms with Crippen molar-refractivity contribution in [2.45, 2.75) is 39.8 Å². The van der Waals surface area contributed by atoms with Gasteiger partial charge in [-0.2, -0.15) is 13.2 Å². The van der Waals surface area contributed by atoms with Gasteiger partial charge in [-0.25, -0.2) is 0 Å². The molecular weight excluding hydrogens is 399 g/mol. The van der Waals surface area contributed by atoms with Gasteiger partial charge in [-0.1, -0.05) is 13.8 Å². The van der Waals surface area contributed by atoms with Crippen molar-refractivity contribution in [2.24, 2.45) is 0 Å². The third-order valence-electron chi connectivity index (χ3n) is 3.93. The molecule has 0 unspecified atom stereocenters. The van der Waals surface area contributed by atoms with E-state index in [9.17, 15) is 18.3 Å². The number of aryl methyl sites for hydroxylation is 1. The highest BCUT2D eigenvalue weighted by Crippen LogP contribution is 2.45. The molecule has 2 aromatic carbocycles. The Hall–Kier alpha value is -1.89. The van der Waals surface area contributed by atoms with Gasteiger partial charge in [0.05, 0.1) is 10.0 Å². The zero-order valence-corrected chi connectivity index (χ0v) is 15.8. The van der Waals surface area contributed by atoms with Crippen molar-refractivity contribution in [1.29, 1.82) is 0 Å². The lowest BCUT2D eigenvalue weighted by atomic mass is 9.99. The average molecular weight is 418 g/mol. The van der Waals surface area contributed by atoms with Crippen LogP contribution in [0, 0.1) is 13.8 Å². The molecule has 25 heavy (non-hydrogen) atoms. The maximum atomic E-state index is 13.3. The van der Waals surface area contributed by atoms with Gasteiger partial charge in [0.15, 0.2) is 0 Å². The largest absolute Gasteiger partial charge is 0.507 e. The first-order chi connectivity index (χ1) is 11.4. The maximum Gasteiger partial charge on any atom is 0.418 e. The third kappa shape index (κ3) is 3.86. The molecule has 2 rings (SSSR count). The molecule has 3 N–H and O–H groups in total. The van der Waals surface area contributed by atoms with Crippen LogP contribution in [0.4, 0.5) is 18.9 Å². The molecule has 0 heterocycles. The average Bonchev–Trinajstić information content (AvgIpc) is 2.44. The van der Waals surface area contributed by atoms with Crippen molar-refractivity contribution in [3.05, 3.63) is 44.9 Å². The Kier molecular flexibility index (Phi) is 5.27. The molecule has 0 saturated heterocycles. The van der Waals surface area contributed by atoms with E-state index < -0.39 is 11.7 Å². The van der Waals surface area contributed by atoms with Crippen LogP contribution in [-0.4, -0.2) is 5.11 Å². The van der Waals surface area contributed by atoms with E-state index in [-0.39, 0.29) is 28.7 Å². The molecule has 0 fully saturated rings. The second-order valence-corrected chi connectivity index (χ2v) is 7.06. The van der Waals surface area contributed by atoms with Crippen molar-refractivity contribution in [3.8, 4) is 17.2 Å². The fourth-order valence-electron chi connectivity index (χ4n) is 2.67. The fourth-order valence-corrected chi connectivity index (χ4v) is 3.30. The Morgan fingerprint density at radius 3 is 2.28 bits per heavy atom. The molecule has 0 aliphatic heterocycles. The van der Waals surface area contributed by atoms with Crippen molar-refractivity contribution < 1.29 is 23.0 Å². The van der Waals surface area contributed by atoms with Gasteiger partial charge in [0, 0.05) is 16.8 Å². The van der Waals surface area contributed by atoms with Gasteiger partial charge in [0.2, 0.25) is 0 Å². The van der Waals surface area contributed by atoms with Gasteiger partial charge in [-0.05, 0) is 59.5 Å². The van der Waals surface area contributed by atoms with Crippen LogP contribution in [0.15, 0.2) is 22.7 Å². The van der Waals surface area contributed by atoms with Crippen molar-refractivity contribution in [2.75, 3.05) is 5.73 Å². The van der Waals surface area contributed by atoms with Gasteiger partial charge >= 0.3 is 6.18 Å². The van der Waals surface area contributed by atoms with E-state index in [1.54, 1.807) is 19.1 Å². The lowest BCUT2D eigenvalue weighted by molar-refractivity contribution is -0.137. The van der Waals surface area contributed by atoms with E-state index in [1.165, 1.54) is 13.0 Å². The maximum absolute atomic E-state index is 13.3. The summed E-state index contributed by atoms with van der Waals surface area (Å²) in [5.41, 5.74) is 5.41. The van der Waals surface area contributed by atoms with Crippen LogP contribution in [-0.2, 0) is 6.18 Å². The summed E-state index contributed by atoms with van der Waals surface area (Å²) in [5, 5.41) is 10.1. The Morgan fingerprint density at radius 1 is 1.16 bits per heavy atom. The summed E-state index contributed by atoms with van der Waals surface area (Å²) in [6.07, 6.45) is -4.58. The van der Waals surface area contributed by atoms with Crippen molar-refractivity contribution in [3.63, 3.8) is 0 Å². The SMILES string of the molecule is Cc1cc(Oc2c(Br)cc(N)c(C(F)(F)F)c2C)cc(C(C)C)c1O. The normalized spacial score (nSPS) is 11.9. The molecule has 136 valence electrons. The highest BCUT2D eigenvalue weighted by molar-refractivity contribution is 9.10. The first-order valence-corrected chi connectivity index (χ1v) is 8.39. The number of hydrogen-bond acceptors (Lipinski definition) is 3. The Morgan fingerprint density at radius 2 is 1.76 bits per heavy atom. The van der Waals surface area contributed by atoms with Crippen LogP contribution >= 0.6 is 15.9 Å². The molecule has 0 amide bonds. The van der Waals surface area contributed by atoms with Gasteiger partial charge in [-0.3, -0.25) is 0 Å². The van der Waals surface area contributed by atoms with E-state index in [4.69, 9.17) is 10.5 Å². The number of ether oxygens (including phenoxy) is 1. The van der Waals surface area contributed by atoms with Crippen LogP contribution in [0.2, 0.25) is 0 Å². The number of nitrogens with two attached hydrogens (primary N) is 1. The predicted octanol–water partition coefficient (Wildman–Crippen LogP) is 6.29. The van der Waals surface area contributed by atoms with Gasteiger partial charge < -0.3 is 15.6 Å². The Labute approximate surface area is 152 Å². The monoisotopic (exact) mass is 417 g/mol. The van der Waals surface area contributed by atoms with E-state index in [2.05, 4.69) is 15.9 Å². The summed E-state index contributed by atoms with van der Waals surface area (Å²) in [7, 11) is 0. The van der Waals surface area contributed by atoms with Crippen LogP contribution in [0.5, 0.6) is 17.2 Å². The zero-order valence-electron chi connectivity index (χ0n) is 14.3. The lowest BCUT2D eigenvalue weighted by Gasteiger charge is -2.19. The van der Waals surface area contributed by atoms with Gasteiger partial charge in [-0.15, -0.1) is 0 Å². The number of anilines is 1. The number of phenolic OH excluding ortho intramolecular Hbond substituents is 1. The summed E-state index contributed by atoms with van der Waals surface area (Å²) in [5.74, 6) is 0.581. The topological polar surface area (TPSA) is 55.5 Å². The fraction of sp³-hybridized carbons (Fsp3) is 0.333. The highest BCUT2D eigenvalue weighted by Gasteiger charge is 2.37. The Bertz CT molecular complexity index is 817. The highest BCUT2D eigenvalue weighted by atomic mass is 79.9. The number of nitrogen functional groups attached to an aromatic ring is 1. The third-order valence-corrected chi connectivity index (χ3v) is 4.52. The van der Waals surface area contributed by atoms with E-state index >= 15 is 0 Å². The number of hydrogen-bond donors (Lipinski definition) is 2. The first-order valence-electron chi connectivity index (χ1n) is 7.60. The summed E-state index contributed by atoms with van der Waals surface area (Å²) < 4.78 is 45.9. The molecule has 7 heteroatoms. The van der Waals surface area contributed by atoms with Gasteiger partial charge in [0.1, 0.15) is 17.2 Å². The standard InChI is InChI=1S/C18H19BrF3NO2/c1-8(2)12-6-11(5-9(3)16(12)24)25-17-10(4)15(18(20,21)22)14(23)7-13(17)19/h5-8,24H,23H2,1-4H3. The quantitative estimate of drug-likeness (QED) is 0.577. The number of aromatic hydroxyl groups is 1. The minimum absolute atomic E-state index is 0.0314. The molecule has 0 spiro atoms. The molecular formula is C18H19BrF3NO2. The summed E-state index contributed by atoms with van der Waals surface area (Å²) in [6, 6.07) is 4.39. The number of alkyl halides is 3. The van der Waals surface area contributed by atoms with E-state index in [0.717, 1.165) is 0 Å². The predicted molar refractivity (Wildman–Crippen MR) is 95.3 cm³/mol. The smallest absolute Gasteiger partial charge is 0.418 e. The molecule has 3 nitrogen and oxygen atoms in total.